The average molecular weight is 605 g/mol. The van der Waals surface area contributed by atoms with Gasteiger partial charge in [0.1, 0.15) is 11.2 Å². The zero-order valence-corrected chi connectivity index (χ0v) is 26.2. The Kier molecular flexibility index (Phi) is 6.36. The Hall–Kier alpha value is -5.62. The SMILES string of the molecule is CCN(CC)c1ccc2cc(-c3ccc4c5ccc(-c6cc7ccc8c(C)cccc8c7oc6=O)cc5n(C)c4c3)c(=O)oc2c1. The van der Waals surface area contributed by atoms with Crippen LogP contribution in [0.3, 0.4) is 0 Å². The zero-order valence-electron chi connectivity index (χ0n) is 26.2. The van der Waals surface area contributed by atoms with E-state index in [9.17, 15) is 9.59 Å². The van der Waals surface area contributed by atoms with Crippen LogP contribution in [-0.2, 0) is 7.05 Å². The van der Waals surface area contributed by atoms with Crippen molar-refractivity contribution in [1.29, 1.82) is 0 Å². The molecule has 0 radical (unpaired) electrons. The van der Waals surface area contributed by atoms with Gasteiger partial charge in [0.2, 0.25) is 0 Å². The lowest BCUT2D eigenvalue weighted by Gasteiger charge is -2.21. The van der Waals surface area contributed by atoms with Crippen LogP contribution in [-0.4, -0.2) is 17.7 Å². The van der Waals surface area contributed by atoms with Crippen LogP contribution in [0.4, 0.5) is 5.69 Å². The molecule has 0 unspecified atom stereocenters. The molecule has 0 saturated heterocycles. The standard InChI is InChI=1S/C40H32N2O4/c1-5-42(6-2)28-14-10-26-18-33(39(43)45-37(26)22-28)24-11-16-30-31-17-12-25(21-36(31)41(4)35(30)20-24)34-19-27-13-15-29-23(3)8-7-9-32(29)38(27)46-40(34)44/h7-22H,5-6H2,1-4H3. The van der Waals surface area contributed by atoms with Crippen molar-refractivity contribution in [2.24, 2.45) is 7.05 Å². The Morgan fingerprint density at radius 1 is 0.630 bits per heavy atom. The molecule has 0 N–H and O–H groups in total. The fraction of sp³-hybridized carbons (Fsp3) is 0.150. The number of rotatable bonds is 5. The Balaban J connectivity index is 1.22. The van der Waals surface area contributed by atoms with Crippen molar-refractivity contribution < 1.29 is 8.83 Å². The highest BCUT2D eigenvalue weighted by atomic mass is 16.4. The van der Waals surface area contributed by atoms with E-state index in [2.05, 4.69) is 60.6 Å². The number of aromatic nitrogens is 1. The van der Waals surface area contributed by atoms with E-state index in [0.717, 1.165) is 78.8 Å². The van der Waals surface area contributed by atoms with Gasteiger partial charge in [-0.3, -0.25) is 0 Å². The van der Waals surface area contributed by atoms with Crippen molar-refractivity contribution in [3.8, 4) is 22.3 Å². The maximum atomic E-state index is 13.4. The molecule has 226 valence electrons. The Bertz CT molecular complexity index is 2640. The second kappa shape index (κ2) is 10.5. The number of hydrogen-bond acceptors (Lipinski definition) is 5. The molecule has 6 nitrogen and oxygen atoms in total. The van der Waals surface area contributed by atoms with Crippen molar-refractivity contribution in [2.75, 3.05) is 18.0 Å². The molecular formula is C40H32N2O4. The molecule has 0 atom stereocenters. The van der Waals surface area contributed by atoms with Gasteiger partial charge in [0, 0.05) is 69.9 Å². The first-order valence-electron chi connectivity index (χ1n) is 15.7. The molecule has 8 aromatic rings. The molecule has 0 aliphatic heterocycles. The van der Waals surface area contributed by atoms with Crippen LogP contribution in [0.25, 0.3) is 76.8 Å². The summed E-state index contributed by atoms with van der Waals surface area (Å²) in [4.78, 5) is 28.8. The first-order chi connectivity index (χ1) is 22.3. The van der Waals surface area contributed by atoms with Gasteiger partial charge in [-0.25, -0.2) is 9.59 Å². The lowest BCUT2D eigenvalue weighted by Crippen LogP contribution is -2.21. The van der Waals surface area contributed by atoms with Gasteiger partial charge in [0.25, 0.3) is 0 Å². The largest absolute Gasteiger partial charge is 0.422 e. The smallest absolute Gasteiger partial charge is 0.344 e. The molecule has 0 spiro atoms. The van der Waals surface area contributed by atoms with Gasteiger partial charge in [-0.1, -0.05) is 54.6 Å². The molecule has 3 heterocycles. The van der Waals surface area contributed by atoms with Gasteiger partial charge in [-0.15, -0.1) is 0 Å². The van der Waals surface area contributed by atoms with E-state index >= 15 is 0 Å². The van der Waals surface area contributed by atoms with Gasteiger partial charge in [0.15, 0.2) is 0 Å². The molecule has 5 aromatic carbocycles. The molecule has 46 heavy (non-hydrogen) atoms. The Morgan fingerprint density at radius 2 is 1.24 bits per heavy atom. The summed E-state index contributed by atoms with van der Waals surface area (Å²) in [5.41, 5.74) is 7.21. The fourth-order valence-electron chi connectivity index (χ4n) is 6.92. The molecule has 0 fully saturated rings. The van der Waals surface area contributed by atoms with Crippen molar-refractivity contribution in [3.63, 3.8) is 0 Å². The maximum absolute atomic E-state index is 13.4. The maximum Gasteiger partial charge on any atom is 0.344 e. The van der Waals surface area contributed by atoms with E-state index < -0.39 is 0 Å². The highest BCUT2D eigenvalue weighted by molar-refractivity contribution is 6.10. The van der Waals surface area contributed by atoms with Crippen LogP contribution in [0, 0.1) is 6.92 Å². The molecule has 0 amide bonds. The minimum atomic E-state index is -0.367. The summed E-state index contributed by atoms with van der Waals surface area (Å²) in [6.07, 6.45) is 0. The van der Waals surface area contributed by atoms with Crippen LogP contribution < -0.4 is 16.2 Å². The zero-order chi connectivity index (χ0) is 31.7. The summed E-state index contributed by atoms with van der Waals surface area (Å²) < 4.78 is 13.9. The van der Waals surface area contributed by atoms with E-state index in [0.29, 0.717) is 22.3 Å². The summed E-state index contributed by atoms with van der Waals surface area (Å²) >= 11 is 0. The second-order valence-corrected chi connectivity index (χ2v) is 12.0. The van der Waals surface area contributed by atoms with E-state index in [4.69, 9.17) is 8.83 Å². The summed E-state index contributed by atoms with van der Waals surface area (Å²) in [5.74, 6) is 0. The van der Waals surface area contributed by atoms with Gasteiger partial charge in [-0.2, -0.15) is 0 Å². The normalized spacial score (nSPS) is 11.8. The van der Waals surface area contributed by atoms with Crippen LogP contribution in [0.1, 0.15) is 19.4 Å². The molecule has 0 saturated carbocycles. The average Bonchev–Trinajstić information content (AvgIpc) is 3.35. The topological polar surface area (TPSA) is 68.6 Å². The third-order valence-electron chi connectivity index (χ3n) is 9.45. The molecule has 6 heteroatoms. The van der Waals surface area contributed by atoms with E-state index in [1.54, 1.807) is 0 Å². The quantitative estimate of drug-likeness (QED) is 0.145. The van der Waals surface area contributed by atoms with Crippen LogP contribution in [0.5, 0.6) is 0 Å². The van der Waals surface area contributed by atoms with Crippen LogP contribution in [0.2, 0.25) is 0 Å². The van der Waals surface area contributed by atoms with Gasteiger partial charge >= 0.3 is 11.3 Å². The third-order valence-corrected chi connectivity index (χ3v) is 9.45. The minimum Gasteiger partial charge on any atom is -0.422 e. The number of fused-ring (bicyclic) bond motifs is 7. The number of anilines is 1. The van der Waals surface area contributed by atoms with Crippen molar-refractivity contribution >= 4 is 60.2 Å². The van der Waals surface area contributed by atoms with Crippen molar-refractivity contribution in [3.05, 3.63) is 123 Å². The monoisotopic (exact) mass is 604 g/mol. The van der Waals surface area contributed by atoms with Gasteiger partial charge < -0.3 is 18.3 Å². The lowest BCUT2D eigenvalue weighted by molar-refractivity contribution is 0.563. The lowest BCUT2D eigenvalue weighted by atomic mass is 10.00. The number of benzene rings is 5. The summed E-state index contributed by atoms with van der Waals surface area (Å²) in [6, 6.07) is 32.1. The van der Waals surface area contributed by atoms with Crippen molar-refractivity contribution in [2.45, 2.75) is 20.8 Å². The molecule has 0 bridgehead atoms. The van der Waals surface area contributed by atoms with Crippen LogP contribution >= 0.6 is 0 Å². The molecule has 0 aliphatic carbocycles. The Labute approximate surface area is 264 Å². The minimum absolute atomic E-state index is 0.365. The number of nitrogens with zero attached hydrogens (tertiary/aromatic N) is 2. The van der Waals surface area contributed by atoms with E-state index in [1.165, 1.54) is 0 Å². The molecule has 8 rings (SSSR count). The van der Waals surface area contributed by atoms with Gasteiger partial charge in [0.05, 0.1) is 11.1 Å². The Morgan fingerprint density at radius 3 is 1.91 bits per heavy atom. The number of hydrogen-bond donors (Lipinski definition) is 0. The molecule has 0 aliphatic rings. The highest BCUT2D eigenvalue weighted by Crippen LogP contribution is 2.35. The van der Waals surface area contributed by atoms with Gasteiger partial charge in [-0.05, 0) is 79.2 Å². The number of aryl methyl sites for hydroxylation is 2. The molecular weight excluding hydrogens is 572 g/mol. The predicted molar refractivity (Wildman–Crippen MR) is 189 cm³/mol. The predicted octanol–water partition coefficient (Wildman–Crippen LogP) is 9.19. The third kappa shape index (κ3) is 4.25. The molecule has 3 aromatic heterocycles. The van der Waals surface area contributed by atoms with Crippen molar-refractivity contribution in [1.82, 2.24) is 4.57 Å². The second-order valence-electron chi connectivity index (χ2n) is 12.0. The highest BCUT2D eigenvalue weighted by Gasteiger charge is 2.16. The first-order valence-corrected chi connectivity index (χ1v) is 15.7. The van der Waals surface area contributed by atoms with E-state index in [-0.39, 0.29) is 11.3 Å². The summed E-state index contributed by atoms with van der Waals surface area (Å²) in [6.45, 7) is 8.04. The van der Waals surface area contributed by atoms with Crippen LogP contribution in [0.15, 0.2) is 115 Å². The van der Waals surface area contributed by atoms with E-state index in [1.807, 2.05) is 73.8 Å². The summed E-state index contributed by atoms with van der Waals surface area (Å²) in [7, 11) is 2.01. The first kappa shape index (κ1) is 27.9. The fourth-order valence-corrected chi connectivity index (χ4v) is 6.92. The summed E-state index contributed by atoms with van der Waals surface area (Å²) in [5, 5.41) is 5.90.